The van der Waals surface area contributed by atoms with Gasteiger partial charge in [0, 0.05) is 11.8 Å². The second-order valence-electron chi connectivity index (χ2n) is 6.44. The van der Waals surface area contributed by atoms with Crippen molar-refractivity contribution >= 4 is 23.0 Å². The number of benzene rings is 3. The van der Waals surface area contributed by atoms with Crippen LogP contribution in [-0.4, -0.2) is 24.0 Å². The second kappa shape index (κ2) is 9.42. The van der Waals surface area contributed by atoms with E-state index in [0.29, 0.717) is 11.4 Å². The molecule has 0 fully saturated rings. The topological polar surface area (TPSA) is 103 Å². The summed E-state index contributed by atoms with van der Waals surface area (Å²) in [6.07, 6.45) is 0. The molecule has 0 aliphatic heterocycles. The first-order valence-corrected chi connectivity index (χ1v) is 9.19. The van der Waals surface area contributed by atoms with Gasteiger partial charge in [0.2, 0.25) is 5.91 Å². The minimum absolute atomic E-state index is 0.117. The standard InChI is InChI=1S/C22H21N3O5/c1-15(22(26)24-20-13-10-17(25(27)28)14-21(20)29-2)23-16-8-11-19(12-9-16)30-18-6-4-3-5-7-18/h3-15,23H,1-2H3,(H,24,26)/t15-/m0/s1. The van der Waals surface area contributed by atoms with Crippen molar-refractivity contribution in [2.45, 2.75) is 13.0 Å². The number of methoxy groups -OCH3 is 1. The molecule has 0 heterocycles. The Bertz CT molecular complexity index is 1020. The third-order valence-corrected chi connectivity index (χ3v) is 4.26. The zero-order valence-corrected chi connectivity index (χ0v) is 16.5. The van der Waals surface area contributed by atoms with Gasteiger partial charge in [-0.3, -0.25) is 14.9 Å². The molecule has 0 saturated heterocycles. The molecule has 8 heteroatoms. The van der Waals surface area contributed by atoms with Gasteiger partial charge >= 0.3 is 0 Å². The zero-order valence-electron chi connectivity index (χ0n) is 16.5. The summed E-state index contributed by atoms with van der Waals surface area (Å²) in [4.78, 5) is 22.9. The molecule has 30 heavy (non-hydrogen) atoms. The lowest BCUT2D eigenvalue weighted by Crippen LogP contribution is -2.32. The molecule has 0 aliphatic carbocycles. The highest BCUT2D eigenvalue weighted by Crippen LogP contribution is 2.29. The Hall–Kier alpha value is -4.07. The number of hydrogen-bond donors (Lipinski definition) is 2. The fourth-order valence-corrected chi connectivity index (χ4v) is 2.70. The quantitative estimate of drug-likeness (QED) is 0.409. The first-order chi connectivity index (χ1) is 14.5. The predicted molar refractivity (Wildman–Crippen MR) is 114 cm³/mol. The lowest BCUT2D eigenvalue weighted by Gasteiger charge is -2.17. The SMILES string of the molecule is COc1cc([N+](=O)[O-])ccc1NC(=O)[C@H](C)Nc1ccc(Oc2ccccc2)cc1. The third-order valence-electron chi connectivity index (χ3n) is 4.26. The van der Waals surface area contributed by atoms with Crippen molar-refractivity contribution < 1.29 is 19.2 Å². The van der Waals surface area contributed by atoms with Crippen molar-refractivity contribution in [1.29, 1.82) is 0 Å². The number of hydrogen-bond acceptors (Lipinski definition) is 6. The van der Waals surface area contributed by atoms with Crippen molar-refractivity contribution in [1.82, 2.24) is 0 Å². The molecular weight excluding hydrogens is 386 g/mol. The number of amides is 1. The van der Waals surface area contributed by atoms with E-state index in [9.17, 15) is 14.9 Å². The highest BCUT2D eigenvalue weighted by molar-refractivity contribution is 5.97. The lowest BCUT2D eigenvalue weighted by molar-refractivity contribution is -0.384. The van der Waals surface area contributed by atoms with Gasteiger partial charge < -0.3 is 20.1 Å². The van der Waals surface area contributed by atoms with Crippen molar-refractivity contribution in [3.8, 4) is 17.2 Å². The summed E-state index contributed by atoms with van der Waals surface area (Å²) >= 11 is 0. The molecule has 3 aromatic rings. The predicted octanol–water partition coefficient (Wildman–Crippen LogP) is 4.83. The number of nitrogens with zero attached hydrogens (tertiary/aromatic N) is 1. The number of rotatable bonds is 8. The maximum atomic E-state index is 12.5. The van der Waals surface area contributed by atoms with E-state index in [-0.39, 0.29) is 17.3 Å². The molecule has 2 N–H and O–H groups in total. The number of ether oxygens (including phenoxy) is 2. The summed E-state index contributed by atoms with van der Waals surface area (Å²) in [7, 11) is 1.38. The monoisotopic (exact) mass is 407 g/mol. The summed E-state index contributed by atoms with van der Waals surface area (Å²) in [6.45, 7) is 1.71. The molecule has 0 spiro atoms. The van der Waals surface area contributed by atoms with Crippen LogP contribution in [0.25, 0.3) is 0 Å². The van der Waals surface area contributed by atoms with Crippen molar-refractivity contribution in [3.63, 3.8) is 0 Å². The van der Waals surface area contributed by atoms with E-state index >= 15 is 0 Å². The molecule has 0 radical (unpaired) electrons. The maximum Gasteiger partial charge on any atom is 0.273 e. The molecule has 3 aromatic carbocycles. The van der Waals surface area contributed by atoms with E-state index < -0.39 is 11.0 Å². The molecular formula is C22H21N3O5. The van der Waals surface area contributed by atoms with Crippen LogP contribution in [0.3, 0.4) is 0 Å². The molecule has 154 valence electrons. The van der Waals surface area contributed by atoms with Crippen LogP contribution in [0, 0.1) is 10.1 Å². The van der Waals surface area contributed by atoms with Crippen LogP contribution in [0.4, 0.5) is 17.1 Å². The number of anilines is 2. The van der Waals surface area contributed by atoms with Crippen molar-refractivity contribution in [2.75, 3.05) is 17.7 Å². The van der Waals surface area contributed by atoms with E-state index in [1.807, 2.05) is 42.5 Å². The Morgan fingerprint density at radius 2 is 1.67 bits per heavy atom. The zero-order chi connectivity index (χ0) is 21.5. The van der Waals surface area contributed by atoms with Crippen molar-refractivity contribution in [3.05, 3.63) is 82.9 Å². The Kier molecular flexibility index (Phi) is 6.49. The van der Waals surface area contributed by atoms with Gasteiger partial charge in [-0.15, -0.1) is 0 Å². The summed E-state index contributed by atoms with van der Waals surface area (Å²) in [5, 5.41) is 16.7. The fraction of sp³-hybridized carbons (Fsp3) is 0.136. The number of nitro groups is 1. The van der Waals surface area contributed by atoms with E-state index in [0.717, 1.165) is 11.4 Å². The van der Waals surface area contributed by atoms with Crippen molar-refractivity contribution in [2.24, 2.45) is 0 Å². The Morgan fingerprint density at radius 1 is 1.00 bits per heavy atom. The first kappa shape index (κ1) is 20.7. The van der Waals surface area contributed by atoms with Gasteiger partial charge in [-0.05, 0) is 49.4 Å². The van der Waals surface area contributed by atoms with Crippen LogP contribution in [-0.2, 0) is 4.79 Å². The average Bonchev–Trinajstić information content (AvgIpc) is 2.76. The van der Waals surface area contributed by atoms with Gasteiger partial charge in [0.05, 0.1) is 23.8 Å². The third kappa shape index (κ3) is 5.26. The molecule has 0 unspecified atom stereocenters. The molecule has 0 aromatic heterocycles. The van der Waals surface area contributed by atoms with Gasteiger partial charge in [-0.25, -0.2) is 0 Å². The molecule has 1 amide bonds. The summed E-state index contributed by atoms with van der Waals surface area (Å²) in [6, 6.07) is 20.1. The molecule has 3 rings (SSSR count). The van der Waals surface area contributed by atoms with Crippen LogP contribution in [0.15, 0.2) is 72.8 Å². The highest BCUT2D eigenvalue weighted by Gasteiger charge is 2.17. The second-order valence-corrected chi connectivity index (χ2v) is 6.44. The Labute approximate surface area is 173 Å². The summed E-state index contributed by atoms with van der Waals surface area (Å²) in [5.74, 6) is 1.32. The number of carbonyl (C=O) groups is 1. The lowest BCUT2D eigenvalue weighted by atomic mass is 10.2. The smallest absolute Gasteiger partial charge is 0.273 e. The number of non-ortho nitro benzene ring substituents is 1. The molecule has 0 aliphatic rings. The fourth-order valence-electron chi connectivity index (χ4n) is 2.70. The van der Waals surface area contributed by atoms with Gasteiger partial charge in [-0.2, -0.15) is 0 Å². The molecule has 8 nitrogen and oxygen atoms in total. The van der Waals surface area contributed by atoms with Gasteiger partial charge in [0.1, 0.15) is 23.3 Å². The number of nitrogens with one attached hydrogen (secondary N) is 2. The summed E-state index contributed by atoms with van der Waals surface area (Å²) in [5.41, 5.74) is 0.982. The summed E-state index contributed by atoms with van der Waals surface area (Å²) < 4.78 is 10.9. The number of carbonyl (C=O) groups excluding carboxylic acids is 1. The van der Waals surface area contributed by atoms with Crippen LogP contribution in [0.5, 0.6) is 17.2 Å². The Morgan fingerprint density at radius 3 is 2.30 bits per heavy atom. The maximum absolute atomic E-state index is 12.5. The van der Waals surface area contributed by atoms with E-state index in [4.69, 9.17) is 9.47 Å². The van der Waals surface area contributed by atoms with E-state index in [1.54, 1.807) is 19.1 Å². The van der Waals surface area contributed by atoms with E-state index in [1.165, 1.54) is 25.3 Å². The van der Waals surface area contributed by atoms with Crippen LogP contribution in [0.2, 0.25) is 0 Å². The van der Waals surface area contributed by atoms with Gasteiger partial charge in [-0.1, -0.05) is 18.2 Å². The van der Waals surface area contributed by atoms with Gasteiger partial charge in [0.25, 0.3) is 5.69 Å². The minimum atomic E-state index is -0.564. The number of nitro benzene ring substituents is 1. The Balaban J connectivity index is 1.61. The largest absolute Gasteiger partial charge is 0.494 e. The van der Waals surface area contributed by atoms with E-state index in [2.05, 4.69) is 10.6 Å². The number of para-hydroxylation sites is 1. The highest BCUT2D eigenvalue weighted by atomic mass is 16.6. The molecule has 1 atom stereocenters. The van der Waals surface area contributed by atoms with Crippen LogP contribution in [0.1, 0.15) is 6.92 Å². The van der Waals surface area contributed by atoms with Gasteiger partial charge in [0.15, 0.2) is 0 Å². The molecule has 0 saturated carbocycles. The molecule has 0 bridgehead atoms. The van der Waals surface area contributed by atoms with Crippen LogP contribution >= 0.6 is 0 Å². The first-order valence-electron chi connectivity index (χ1n) is 9.19. The minimum Gasteiger partial charge on any atom is -0.494 e. The van der Waals surface area contributed by atoms with Crippen LogP contribution < -0.4 is 20.1 Å². The average molecular weight is 407 g/mol. The normalized spacial score (nSPS) is 11.3.